The predicted octanol–water partition coefficient (Wildman–Crippen LogP) is 16.0. The van der Waals surface area contributed by atoms with Crippen molar-refractivity contribution in [2.75, 3.05) is 16.5 Å². The van der Waals surface area contributed by atoms with Crippen LogP contribution in [0.2, 0.25) is 0 Å². The van der Waals surface area contributed by atoms with E-state index in [0.717, 1.165) is 61.4 Å². The van der Waals surface area contributed by atoms with Crippen molar-refractivity contribution in [3.8, 4) is 33.8 Å². The molecule has 1 aliphatic heterocycles. The monoisotopic (exact) mass is 832 g/mol. The van der Waals surface area contributed by atoms with Gasteiger partial charge < -0.3 is 14.5 Å². The Balaban J connectivity index is 0.947. The summed E-state index contributed by atoms with van der Waals surface area (Å²) in [5.41, 5.74) is 12.3. The molecule has 0 amide bonds. The molecule has 3 aromatic heterocycles. The zero-order valence-electron chi connectivity index (χ0n) is 35.3. The lowest BCUT2D eigenvalue weighted by molar-refractivity contribution is 0.483. The van der Waals surface area contributed by atoms with Crippen molar-refractivity contribution in [3.05, 3.63) is 231 Å². The summed E-state index contributed by atoms with van der Waals surface area (Å²) >= 11 is 0. The van der Waals surface area contributed by atoms with Gasteiger partial charge in [0.05, 0.1) is 28.1 Å². The second-order valence-corrected chi connectivity index (χ2v) is 16.7. The molecule has 65 heavy (non-hydrogen) atoms. The molecule has 0 spiro atoms. The summed E-state index contributed by atoms with van der Waals surface area (Å²) in [4.78, 5) is 10.0. The minimum absolute atomic E-state index is 0.625. The van der Waals surface area contributed by atoms with Crippen molar-refractivity contribution < 1.29 is 4.74 Å². The van der Waals surface area contributed by atoms with Gasteiger partial charge in [0.2, 0.25) is 0 Å². The average Bonchev–Trinajstić information content (AvgIpc) is 3.93. The molecule has 5 heteroatoms. The number of hydrogen-bond donors (Lipinski definition) is 0. The fourth-order valence-electron chi connectivity index (χ4n) is 10.3. The molecule has 0 bridgehead atoms. The van der Waals surface area contributed by atoms with E-state index in [1.807, 2.05) is 18.3 Å². The smallest absolute Gasteiger partial charge is 0.145 e. The van der Waals surface area contributed by atoms with Crippen molar-refractivity contribution in [2.24, 2.45) is 0 Å². The van der Waals surface area contributed by atoms with Crippen LogP contribution in [-0.2, 0) is 0 Å². The molecule has 0 radical (unpaired) electrons. The first-order chi connectivity index (χ1) is 32.3. The minimum Gasteiger partial charge on any atom is -0.457 e. The van der Waals surface area contributed by atoms with Gasteiger partial charge in [-0.05, 0) is 81.2 Å². The molecule has 4 heterocycles. The summed E-state index contributed by atoms with van der Waals surface area (Å²) in [6.45, 7) is 0.625. The molecule has 5 nitrogen and oxygen atoms in total. The highest BCUT2D eigenvalue weighted by atomic mass is 16.5. The Morgan fingerprint density at radius 3 is 1.60 bits per heavy atom. The van der Waals surface area contributed by atoms with Crippen LogP contribution < -0.4 is 14.5 Å². The van der Waals surface area contributed by atoms with E-state index in [1.54, 1.807) is 0 Å². The zero-order valence-corrected chi connectivity index (χ0v) is 35.3. The Kier molecular flexibility index (Phi) is 8.53. The van der Waals surface area contributed by atoms with Crippen LogP contribution in [0.3, 0.4) is 0 Å². The van der Waals surface area contributed by atoms with Crippen molar-refractivity contribution in [2.45, 2.75) is 0 Å². The molecule has 0 saturated carbocycles. The van der Waals surface area contributed by atoms with E-state index < -0.39 is 0 Å². The van der Waals surface area contributed by atoms with E-state index in [1.165, 1.54) is 54.9 Å². The number of nitrogens with zero attached hydrogens (tertiary/aromatic N) is 4. The van der Waals surface area contributed by atoms with Crippen molar-refractivity contribution >= 4 is 82.5 Å². The van der Waals surface area contributed by atoms with Crippen LogP contribution in [0.4, 0.5) is 22.7 Å². The largest absolute Gasteiger partial charge is 0.457 e. The maximum absolute atomic E-state index is 6.89. The number of ether oxygens (including phenoxy) is 1. The Labute approximate surface area is 375 Å². The van der Waals surface area contributed by atoms with Crippen molar-refractivity contribution in [3.63, 3.8) is 0 Å². The van der Waals surface area contributed by atoms with Crippen molar-refractivity contribution in [1.29, 1.82) is 0 Å². The number of fused-ring (bicyclic) bond motifs is 11. The summed E-state index contributed by atoms with van der Waals surface area (Å²) in [5, 5.41) is 9.29. The van der Waals surface area contributed by atoms with Gasteiger partial charge in [-0.1, -0.05) is 164 Å². The molecule has 13 rings (SSSR count). The summed E-state index contributed by atoms with van der Waals surface area (Å²) < 4.78 is 9.24. The maximum atomic E-state index is 6.89. The molecule has 0 aliphatic carbocycles. The maximum Gasteiger partial charge on any atom is 0.145 e. The minimum atomic E-state index is 0.625. The second kappa shape index (κ2) is 15.0. The molecule has 12 aromatic rings. The Morgan fingerprint density at radius 1 is 0.385 bits per heavy atom. The van der Waals surface area contributed by atoms with Crippen LogP contribution in [0.5, 0.6) is 11.5 Å². The van der Waals surface area contributed by atoms with E-state index in [4.69, 9.17) is 9.72 Å². The fraction of sp³-hybridized carbons (Fsp3) is 0.0167. The number of pyridine rings is 1. The molecular formula is C60H40N4O. The van der Waals surface area contributed by atoms with Gasteiger partial charge in [-0.15, -0.1) is 0 Å². The van der Waals surface area contributed by atoms with Gasteiger partial charge in [0.1, 0.15) is 23.8 Å². The number of para-hydroxylation sites is 4. The first-order valence-corrected chi connectivity index (χ1v) is 22.1. The van der Waals surface area contributed by atoms with E-state index in [2.05, 4.69) is 227 Å². The van der Waals surface area contributed by atoms with E-state index >= 15 is 0 Å². The highest BCUT2D eigenvalue weighted by Crippen LogP contribution is 2.50. The topological polar surface area (TPSA) is 33.0 Å². The first kappa shape index (κ1) is 36.9. The standard InChI is InChI=1S/C60H40N4O/c1-3-17-40(18-4-1)45-27-14-28-46(41-19-5-2-6-20-41)58(45)63-39-62(55-32-11-12-33-56(55)63)42-21-13-22-43(37-42)65-44-34-35-51-53-30-15-29-52-49-25-9-7-23-47(49)48-24-8-10-26-50(48)54-31-16-36-61-60(54)64(59(52)53)57(51)38-44/h1-38H,39H2. The van der Waals surface area contributed by atoms with Gasteiger partial charge in [-0.3, -0.25) is 4.40 Å². The fourth-order valence-corrected chi connectivity index (χ4v) is 10.3. The van der Waals surface area contributed by atoms with Gasteiger partial charge in [0.15, 0.2) is 0 Å². The lowest BCUT2D eigenvalue weighted by atomic mass is 9.95. The number of aromatic nitrogens is 2. The normalized spacial score (nSPS) is 12.5. The van der Waals surface area contributed by atoms with Crippen LogP contribution >= 0.6 is 0 Å². The molecule has 306 valence electrons. The molecule has 0 saturated heterocycles. The Bertz CT molecular complexity index is 3800. The van der Waals surface area contributed by atoms with Crippen molar-refractivity contribution in [1.82, 2.24) is 9.38 Å². The van der Waals surface area contributed by atoms with Crippen LogP contribution in [0.25, 0.3) is 82.0 Å². The van der Waals surface area contributed by atoms with Crippen LogP contribution in [0.15, 0.2) is 231 Å². The highest BCUT2D eigenvalue weighted by Gasteiger charge is 2.31. The van der Waals surface area contributed by atoms with E-state index in [-0.39, 0.29) is 0 Å². The molecular weight excluding hydrogens is 793 g/mol. The molecule has 1 aliphatic rings. The SMILES string of the molecule is c1ccc(-c2cccc(-c3ccccc3)c2N2CN(c3cccc(Oc4ccc5c6cccc7c8ccccc8c8ccccc8c8cccnc8n(c5c4)c76)c3)c3ccccc32)cc1. The second-order valence-electron chi connectivity index (χ2n) is 16.7. The lowest BCUT2D eigenvalue weighted by Crippen LogP contribution is -2.24. The molecule has 0 atom stereocenters. The number of hydrogen-bond acceptors (Lipinski definition) is 4. The predicted molar refractivity (Wildman–Crippen MR) is 271 cm³/mol. The molecule has 0 unspecified atom stereocenters. The van der Waals surface area contributed by atoms with Crippen LogP contribution in [0, 0.1) is 0 Å². The van der Waals surface area contributed by atoms with Gasteiger partial charge in [0.25, 0.3) is 0 Å². The third kappa shape index (κ3) is 5.97. The summed E-state index contributed by atoms with van der Waals surface area (Å²) in [6.07, 6.45) is 1.90. The molecule has 0 fully saturated rings. The van der Waals surface area contributed by atoms with Gasteiger partial charge >= 0.3 is 0 Å². The summed E-state index contributed by atoms with van der Waals surface area (Å²) in [6, 6.07) is 80.1. The van der Waals surface area contributed by atoms with Crippen LogP contribution in [-0.4, -0.2) is 16.1 Å². The molecule has 0 N–H and O–H groups in total. The zero-order chi connectivity index (χ0) is 42.8. The summed E-state index contributed by atoms with van der Waals surface area (Å²) in [5.74, 6) is 1.51. The first-order valence-electron chi connectivity index (χ1n) is 22.1. The van der Waals surface area contributed by atoms with E-state index in [9.17, 15) is 0 Å². The number of rotatable bonds is 6. The van der Waals surface area contributed by atoms with Gasteiger partial charge in [-0.2, -0.15) is 0 Å². The highest BCUT2D eigenvalue weighted by molar-refractivity contribution is 6.24. The lowest BCUT2D eigenvalue weighted by Gasteiger charge is -2.27. The summed E-state index contributed by atoms with van der Waals surface area (Å²) in [7, 11) is 0. The Morgan fingerprint density at radius 2 is 0.908 bits per heavy atom. The third-order valence-corrected chi connectivity index (χ3v) is 13.1. The van der Waals surface area contributed by atoms with Crippen LogP contribution in [0.1, 0.15) is 0 Å². The van der Waals surface area contributed by atoms with Gasteiger partial charge in [-0.25, -0.2) is 4.98 Å². The average molecular weight is 833 g/mol. The third-order valence-electron chi connectivity index (χ3n) is 13.1. The van der Waals surface area contributed by atoms with E-state index in [0.29, 0.717) is 6.67 Å². The quantitative estimate of drug-likeness (QED) is 0.167. The number of benzene rings is 9. The molecule has 9 aromatic carbocycles. The Hall–Kier alpha value is -8.67. The number of anilines is 4. The van der Waals surface area contributed by atoms with Gasteiger partial charge in [0, 0.05) is 56.7 Å².